The Morgan fingerprint density at radius 2 is 1.85 bits per heavy atom. The van der Waals surface area contributed by atoms with Gasteiger partial charge in [-0.15, -0.1) is 0 Å². The van der Waals surface area contributed by atoms with Gasteiger partial charge in [-0.3, -0.25) is 14.3 Å². The van der Waals surface area contributed by atoms with Gasteiger partial charge in [-0.05, 0) is 49.8 Å². The Bertz CT molecular complexity index is 1340. The Morgan fingerprint density at radius 1 is 1.09 bits per heavy atom. The van der Waals surface area contributed by atoms with E-state index < -0.39 is 10.0 Å². The number of nitrogens with zero attached hydrogens (tertiary/aromatic N) is 1. The lowest BCUT2D eigenvalue weighted by Gasteiger charge is -2.13. The minimum absolute atomic E-state index is 0.0868. The number of sulfonamides is 1. The Hall–Kier alpha value is -3.92. The fraction of sp³-hybridized carbons (Fsp3) is 0.174. The van der Waals surface area contributed by atoms with Crippen LogP contribution in [0.25, 0.3) is 12.2 Å². The highest BCUT2D eigenvalue weighted by atomic mass is 32.2. The summed E-state index contributed by atoms with van der Waals surface area (Å²) >= 11 is 0. The third-order valence-electron chi connectivity index (χ3n) is 4.62. The van der Waals surface area contributed by atoms with E-state index in [4.69, 9.17) is 9.26 Å². The molecule has 9 nitrogen and oxygen atoms in total. The first kappa shape index (κ1) is 23.7. The molecule has 0 fully saturated rings. The van der Waals surface area contributed by atoms with Crippen molar-refractivity contribution in [2.24, 2.45) is 0 Å². The van der Waals surface area contributed by atoms with Crippen molar-refractivity contribution < 1.29 is 27.3 Å². The number of anilines is 2. The summed E-state index contributed by atoms with van der Waals surface area (Å²) in [6, 6.07) is 10.9. The summed E-state index contributed by atoms with van der Waals surface area (Å²) in [7, 11) is -2.66. The molecule has 0 atom stereocenters. The normalized spacial score (nSPS) is 11.4. The van der Waals surface area contributed by atoms with E-state index in [1.807, 2.05) is 0 Å². The van der Waals surface area contributed by atoms with Gasteiger partial charge in [-0.1, -0.05) is 29.4 Å². The second-order valence-electron chi connectivity index (χ2n) is 7.17. The van der Waals surface area contributed by atoms with Crippen molar-refractivity contribution in [1.82, 2.24) is 5.16 Å². The van der Waals surface area contributed by atoms with Crippen LogP contribution < -0.4 is 14.8 Å². The number of Topliss-reactive ketones (excluding diaryl/α,β-unsaturated/α-hetero) is 1. The molecule has 10 heteroatoms. The number of ether oxygens (including phenoxy) is 1. The fourth-order valence-electron chi connectivity index (χ4n) is 3.02. The topological polar surface area (TPSA) is 128 Å². The largest absolute Gasteiger partial charge is 0.495 e. The lowest BCUT2D eigenvalue weighted by atomic mass is 10.1. The molecule has 0 radical (unpaired) electrons. The number of hydrogen-bond donors (Lipinski definition) is 2. The number of hydrogen-bond acceptors (Lipinski definition) is 7. The van der Waals surface area contributed by atoms with Gasteiger partial charge in [-0.2, -0.15) is 0 Å². The van der Waals surface area contributed by atoms with Crippen LogP contribution in [-0.4, -0.2) is 32.4 Å². The highest BCUT2D eigenvalue weighted by molar-refractivity contribution is 7.92. The van der Waals surface area contributed by atoms with E-state index in [-0.39, 0.29) is 28.0 Å². The van der Waals surface area contributed by atoms with Crippen LogP contribution in [0.5, 0.6) is 5.75 Å². The molecule has 3 aromatic rings. The predicted molar refractivity (Wildman–Crippen MR) is 125 cm³/mol. The standard InChI is InChI=1S/C23H23N3O6S/c1-14-23(24-16(3)28)21(32-25-14)11-9-17-8-10-20(31-4)22(12-17)33(29,30)26-19-7-5-6-18(13-19)15(2)27/h5-13,26H,1-4H3,(H,24,28). The number of methoxy groups -OCH3 is 1. The molecule has 0 aliphatic heterocycles. The molecular weight excluding hydrogens is 446 g/mol. The Morgan fingerprint density at radius 3 is 2.52 bits per heavy atom. The van der Waals surface area contributed by atoms with Crippen LogP contribution in [0.3, 0.4) is 0 Å². The molecule has 0 spiro atoms. The van der Waals surface area contributed by atoms with E-state index in [1.54, 1.807) is 43.3 Å². The summed E-state index contributed by atoms with van der Waals surface area (Å²) in [5, 5.41) is 6.50. The number of carbonyl (C=O) groups excluding carboxylic acids is 2. The van der Waals surface area contributed by atoms with Gasteiger partial charge in [0.25, 0.3) is 10.0 Å². The van der Waals surface area contributed by atoms with Gasteiger partial charge in [-0.25, -0.2) is 8.42 Å². The van der Waals surface area contributed by atoms with Gasteiger partial charge < -0.3 is 14.6 Å². The summed E-state index contributed by atoms with van der Waals surface area (Å²) in [5.74, 6) is 0.0228. The molecule has 33 heavy (non-hydrogen) atoms. The molecule has 0 saturated carbocycles. The van der Waals surface area contributed by atoms with Crippen LogP contribution in [0.15, 0.2) is 51.9 Å². The molecule has 1 heterocycles. The molecule has 1 amide bonds. The molecule has 0 aliphatic rings. The summed E-state index contributed by atoms with van der Waals surface area (Å²) in [6.45, 7) is 4.47. The van der Waals surface area contributed by atoms with E-state index in [1.165, 1.54) is 39.2 Å². The van der Waals surface area contributed by atoms with Crippen LogP contribution >= 0.6 is 0 Å². The van der Waals surface area contributed by atoms with E-state index in [9.17, 15) is 18.0 Å². The second kappa shape index (κ2) is 9.70. The van der Waals surface area contributed by atoms with Crippen LogP contribution in [0.1, 0.15) is 41.2 Å². The molecule has 3 rings (SSSR count). The number of benzene rings is 2. The number of carbonyl (C=O) groups is 2. The van der Waals surface area contributed by atoms with Gasteiger partial charge >= 0.3 is 0 Å². The number of nitrogens with one attached hydrogen (secondary N) is 2. The van der Waals surface area contributed by atoms with Crippen molar-refractivity contribution in [2.75, 3.05) is 17.1 Å². The first-order chi connectivity index (χ1) is 15.6. The highest BCUT2D eigenvalue weighted by Gasteiger charge is 2.21. The van der Waals surface area contributed by atoms with Gasteiger partial charge in [0.2, 0.25) is 5.91 Å². The van der Waals surface area contributed by atoms with Gasteiger partial charge in [0.1, 0.15) is 22.0 Å². The van der Waals surface area contributed by atoms with Gasteiger partial charge in [0.15, 0.2) is 11.5 Å². The first-order valence-electron chi connectivity index (χ1n) is 9.84. The van der Waals surface area contributed by atoms with Crippen molar-refractivity contribution in [3.63, 3.8) is 0 Å². The van der Waals surface area contributed by atoms with E-state index in [0.29, 0.717) is 28.3 Å². The number of ketones is 1. The SMILES string of the molecule is COc1ccc(C=Cc2onc(C)c2NC(C)=O)cc1S(=O)(=O)Nc1cccc(C(C)=O)c1. The molecule has 0 bridgehead atoms. The Labute approximate surface area is 191 Å². The monoisotopic (exact) mass is 469 g/mol. The quantitative estimate of drug-likeness (QED) is 0.475. The van der Waals surface area contributed by atoms with Crippen molar-refractivity contribution in [3.05, 3.63) is 65.0 Å². The number of aryl methyl sites for hydroxylation is 1. The molecule has 0 unspecified atom stereocenters. The highest BCUT2D eigenvalue weighted by Crippen LogP contribution is 2.29. The zero-order chi connectivity index (χ0) is 24.2. The van der Waals surface area contributed by atoms with Gasteiger partial charge in [0.05, 0.1) is 7.11 Å². The van der Waals surface area contributed by atoms with E-state index >= 15 is 0 Å². The number of aromatic nitrogens is 1. The maximum atomic E-state index is 13.1. The molecular formula is C23H23N3O6S. The molecule has 2 N–H and O–H groups in total. The maximum Gasteiger partial charge on any atom is 0.265 e. The minimum Gasteiger partial charge on any atom is -0.495 e. The summed E-state index contributed by atoms with van der Waals surface area (Å²) in [4.78, 5) is 22.9. The van der Waals surface area contributed by atoms with Crippen molar-refractivity contribution in [3.8, 4) is 5.75 Å². The van der Waals surface area contributed by atoms with Crippen molar-refractivity contribution >= 4 is 45.2 Å². The van der Waals surface area contributed by atoms with Gasteiger partial charge in [0, 0.05) is 18.2 Å². The fourth-order valence-corrected chi connectivity index (χ4v) is 4.27. The summed E-state index contributed by atoms with van der Waals surface area (Å²) in [5.41, 5.74) is 2.13. The van der Waals surface area contributed by atoms with E-state index in [0.717, 1.165) is 0 Å². The molecule has 2 aromatic carbocycles. The Kier molecular flexibility index (Phi) is 6.98. The molecule has 1 aromatic heterocycles. The zero-order valence-electron chi connectivity index (χ0n) is 18.5. The molecule has 172 valence electrons. The van der Waals surface area contributed by atoms with E-state index in [2.05, 4.69) is 15.2 Å². The van der Waals surface area contributed by atoms with Crippen LogP contribution in [0, 0.1) is 6.92 Å². The molecule has 0 saturated heterocycles. The third kappa shape index (κ3) is 5.66. The lowest BCUT2D eigenvalue weighted by Crippen LogP contribution is -2.14. The minimum atomic E-state index is -4.04. The third-order valence-corrected chi connectivity index (χ3v) is 6.02. The summed E-state index contributed by atoms with van der Waals surface area (Å²) in [6.07, 6.45) is 3.20. The van der Waals surface area contributed by atoms with Crippen LogP contribution in [-0.2, 0) is 14.8 Å². The van der Waals surface area contributed by atoms with Crippen molar-refractivity contribution in [1.29, 1.82) is 0 Å². The number of amides is 1. The smallest absolute Gasteiger partial charge is 0.265 e. The number of rotatable bonds is 8. The van der Waals surface area contributed by atoms with Crippen molar-refractivity contribution in [2.45, 2.75) is 25.7 Å². The second-order valence-corrected chi connectivity index (χ2v) is 8.83. The first-order valence-corrected chi connectivity index (χ1v) is 11.3. The lowest BCUT2D eigenvalue weighted by molar-refractivity contribution is -0.114. The predicted octanol–water partition coefficient (Wildman–Crippen LogP) is 4.12. The average Bonchev–Trinajstić information content (AvgIpc) is 3.10. The maximum absolute atomic E-state index is 13.1. The molecule has 0 aliphatic carbocycles. The van der Waals surface area contributed by atoms with Crippen LogP contribution in [0.2, 0.25) is 0 Å². The summed E-state index contributed by atoms with van der Waals surface area (Å²) < 4.78 is 39.1. The Balaban J connectivity index is 1.94. The average molecular weight is 470 g/mol. The van der Waals surface area contributed by atoms with Crippen LogP contribution in [0.4, 0.5) is 11.4 Å². The zero-order valence-corrected chi connectivity index (χ0v) is 19.3.